The third-order valence-electron chi connectivity index (χ3n) is 3.72. The molecule has 14 heavy (non-hydrogen) atoms. The molecule has 0 amide bonds. The number of aryl methyl sites for hydroxylation is 1. The van der Waals surface area contributed by atoms with Crippen molar-refractivity contribution in [3.63, 3.8) is 0 Å². The van der Waals surface area contributed by atoms with Crippen molar-refractivity contribution in [3.05, 3.63) is 16.1 Å². The van der Waals surface area contributed by atoms with E-state index < -0.39 is 0 Å². The summed E-state index contributed by atoms with van der Waals surface area (Å²) >= 11 is 1.86. The molecule has 1 atom stereocenters. The predicted molar refractivity (Wildman–Crippen MR) is 58.7 cm³/mol. The van der Waals surface area contributed by atoms with Crippen LogP contribution in [0.2, 0.25) is 0 Å². The molecule has 2 heterocycles. The van der Waals surface area contributed by atoms with Crippen LogP contribution in [0, 0.1) is 12.3 Å². The number of hydrogen-bond donors (Lipinski definition) is 1. The van der Waals surface area contributed by atoms with Crippen LogP contribution in [0.25, 0.3) is 0 Å². The average Bonchev–Trinajstić information content (AvgIpc) is 2.70. The smallest absolute Gasteiger partial charge is 0.0964 e. The van der Waals surface area contributed by atoms with Gasteiger partial charge in [0.2, 0.25) is 0 Å². The van der Waals surface area contributed by atoms with Crippen molar-refractivity contribution in [3.8, 4) is 0 Å². The van der Waals surface area contributed by atoms with Gasteiger partial charge in [-0.25, -0.2) is 4.98 Å². The predicted octanol–water partition coefficient (Wildman–Crippen LogP) is 2.31. The monoisotopic (exact) mass is 208 g/mol. The van der Waals surface area contributed by atoms with Crippen molar-refractivity contribution >= 4 is 11.3 Å². The van der Waals surface area contributed by atoms with Gasteiger partial charge < -0.3 is 5.32 Å². The van der Waals surface area contributed by atoms with Crippen molar-refractivity contribution in [1.29, 1.82) is 0 Å². The minimum absolute atomic E-state index is 0.648. The molecule has 3 heteroatoms. The van der Waals surface area contributed by atoms with E-state index in [1.165, 1.54) is 43.1 Å². The van der Waals surface area contributed by atoms with Gasteiger partial charge in [-0.1, -0.05) is 0 Å². The van der Waals surface area contributed by atoms with Crippen molar-refractivity contribution in [2.75, 3.05) is 13.1 Å². The second-order valence-electron chi connectivity index (χ2n) is 4.70. The number of thiazole rings is 1. The molecule has 76 valence electrons. The molecule has 1 saturated carbocycles. The fourth-order valence-corrected chi connectivity index (χ4v) is 3.74. The van der Waals surface area contributed by atoms with Crippen LogP contribution in [-0.2, 0) is 0 Å². The summed E-state index contributed by atoms with van der Waals surface area (Å²) in [5.74, 6) is 0.795. The lowest BCUT2D eigenvalue weighted by Gasteiger charge is -2.22. The van der Waals surface area contributed by atoms with E-state index >= 15 is 0 Å². The molecule has 1 saturated heterocycles. The van der Waals surface area contributed by atoms with Crippen LogP contribution in [0.4, 0.5) is 0 Å². The molecule has 0 radical (unpaired) electrons. The first-order chi connectivity index (χ1) is 6.80. The first-order valence-electron chi connectivity index (χ1n) is 5.43. The standard InChI is InChI=1S/C11H16N2S/c1-8-7-14-10(13-8)9-6-11(9)2-4-12-5-3-11/h7,9,12H,2-6H2,1H3. The lowest BCUT2D eigenvalue weighted by Crippen LogP contribution is -2.29. The van der Waals surface area contributed by atoms with Gasteiger partial charge in [0, 0.05) is 17.0 Å². The summed E-state index contributed by atoms with van der Waals surface area (Å²) < 4.78 is 0. The molecule has 1 aromatic heterocycles. The van der Waals surface area contributed by atoms with Crippen LogP contribution in [0.1, 0.15) is 35.9 Å². The molecule has 3 rings (SSSR count). The molecule has 2 aliphatic rings. The summed E-state index contributed by atoms with van der Waals surface area (Å²) in [6.45, 7) is 4.51. The Balaban J connectivity index is 1.77. The Morgan fingerprint density at radius 3 is 2.93 bits per heavy atom. The molecule has 2 fully saturated rings. The molecular formula is C11H16N2S. The van der Waals surface area contributed by atoms with Crippen molar-refractivity contribution in [1.82, 2.24) is 10.3 Å². The normalized spacial score (nSPS) is 29.4. The van der Waals surface area contributed by atoms with Gasteiger partial charge in [-0.05, 0) is 44.7 Å². The van der Waals surface area contributed by atoms with E-state index in [9.17, 15) is 0 Å². The third-order valence-corrected chi connectivity index (χ3v) is 4.80. The summed E-state index contributed by atoms with van der Waals surface area (Å²) in [4.78, 5) is 4.62. The average molecular weight is 208 g/mol. The molecule has 1 unspecified atom stereocenters. The van der Waals surface area contributed by atoms with Gasteiger partial charge in [0.15, 0.2) is 0 Å². The lowest BCUT2D eigenvalue weighted by molar-refractivity contribution is 0.342. The Labute approximate surface area is 88.7 Å². The van der Waals surface area contributed by atoms with E-state index in [-0.39, 0.29) is 0 Å². The van der Waals surface area contributed by atoms with Gasteiger partial charge in [0.1, 0.15) is 0 Å². The number of rotatable bonds is 1. The molecule has 1 aliphatic carbocycles. The summed E-state index contributed by atoms with van der Waals surface area (Å²) in [7, 11) is 0. The Bertz CT molecular complexity index is 339. The van der Waals surface area contributed by atoms with E-state index in [0.29, 0.717) is 5.41 Å². The maximum atomic E-state index is 4.62. The quantitative estimate of drug-likeness (QED) is 0.766. The van der Waals surface area contributed by atoms with Crippen LogP contribution in [0.5, 0.6) is 0 Å². The number of piperidine rings is 1. The summed E-state index contributed by atoms with van der Waals surface area (Å²) in [5.41, 5.74) is 1.84. The van der Waals surface area contributed by atoms with Crippen LogP contribution >= 0.6 is 11.3 Å². The highest BCUT2D eigenvalue weighted by Crippen LogP contribution is 2.64. The Hall–Kier alpha value is -0.410. The van der Waals surface area contributed by atoms with Gasteiger partial charge in [-0.3, -0.25) is 0 Å². The minimum atomic E-state index is 0.648. The second-order valence-corrected chi connectivity index (χ2v) is 5.59. The maximum Gasteiger partial charge on any atom is 0.0964 e. The van der Waals surface area contributed by atoms with Gasteiger partial charge in [-0.2, -0.15) is 0 Å². The zero-order valence-electron chi connectivity index (χ0n) is 8.55. The Morgan fingerprint density at radius 2 is 2.29 bits per heavy atom. The van der Waals surface area contributed by atoms with Crippen LogP contribution < -0.4 is 5.32 Å². The second kappa shape index (κ2) is 3.04. The van der Waals surface area contributed by atoms with Crippen molar-refractivity contribution < 1.29 is 0 Å². The molecule has 0 aromatic carbocycles. The highest BCUT2D eigenvalue weighted by molar-refractivity contribution is 7.09. The van der Waals surface area contributed by atoms with Crippen molar-refractivity contribution in [2.24, 2.45) is 5.41 Å². The topological polar surface area (TPSA) is 24.9 Å². The Morgan fingerprint density at radius 1 is 1.50 bits per heavy atom. The molecule has 2 nitrogen and oxygen atoms in total. The van der Waals surface area contributed by atoms with Gasteiger partial charge in [-0.15, -0.1) is 11.3 Å². The fourth-order valence-electron chi connectivity index (χ4n) is 2.71. The number of aromatic nitrogens is 1. The van der Waals surface area contributed by atoms with Gasteiger partial charge in [0.05, 0.1) is 5.01 Å². The third kappa shape index (κ3) is 1.30. The van der Waals surface area contributed by atoms with E-state index in [1.54, 1.807) is 0 Å². The lowest BCUT2D eigenvalue weighted by atomic mass is 9.92. The van der Waals surface area contributed by atoms with Gasteiger partial charge in [0.25, 0.3) is 0 Å². The van der Waals surface area contributed by atoms with Crippen LogP contribution in [-0.4, -0.2) is 18.1 Å². The maximum absolute atomic E-state index is 4.62. The number of hydrogen-bond acceptors (Lipinski definition) is 3. The SMILES string of the molecule is Cc1csc(C2CC23CCNCC3)n1. The summed E-state index contributed by atoms with van der Waals surface area (Å²) in [5, 5.41) is 7.02. The molecule has 1 N–H and O–H groups in total. The highest BCUT2D eigenvalue weighted by Gasteiger charge is 2.55. The van der Waals surface area contributed by atoms with E-state index in [4.69, 9.17) is 0 Å². The van der Waals surface area contributed by atoms with Crippen LogP contribution in [0.3, 0.4) is 0 Å². The first-order valence-corrected chi connectivity index (χ1v) is 6.31. The zero-order chi connectivity index (χ0) is 9.60. The molecule has 1 spiro atoms. The van der Waals surface area contributed by atoms with E-state index in [1.807, 2.05) is 11.3 Å². The molecule has 1 aromatic rings. The van der Waals surface area contributed by atoms with Gasteiger partial charge >= 0.3 is 0 Å². The zero-order valence-corrected chi connectivity index (χ0v) is 9.36. The summed E-state index contributed by atoms with van der Waals surface area (Å²) in [6.07, 6.45) is 4.11. The van der Waals surface area contributed by atoms with Crippen molar-refractivity contribution in [2.45, 2.75) is 32.1 Å². The molecular weight excluding hydrogens is 192 g/mol. The minimum Gasteiger partial charge on any atom is -0.317 e. The van der Waals surface area contributed by atoms with E-state index in [2.05, 4.69) is 22.6 Å². The highest BCUT2D eigenvalue weighted by atomic mass is 32.1. The number of nitrogens with zero attached hydrogens (tertiary/aromatic N) is 1. The fraction of sp³-hybridized carbons (Fsp3) is 0.727. The summed E-state index contributed by atoms with van der Waals surface area (Å²) in [6, 6.07) is 0. The van der Waals surface area contributed by atoms with E-state index in [0.717, 1.165) is 5.92 Å². The molecule has 1 aliphatic heterocycles. The number of nitrogens with one attached hydrogen (secondary N) is 1. The molecule has 0 bridgehead atoms. The Kier molecular flexibility index (Phi) is 1.92. The largest absolute Gasteiger partial charge is 0.317 e. The van der Waals surface area contributed by atoms with Crippen LogP contribution in [0.15, 0.2) is 5.38 Å². The first kappa shape index (κ1) is 8.86.